The number of aliphatic carboxylic acids is 1. The molecule has 1 rings (SSSR count). The van der Waals surface area contributed by atoms with Crippen LogP contribution in [0.5, 0.6) is 0 Å². The molecule has 19 heavy (non-hydrogen) atoms. The topological polar surface area (TPSA) is 110 Å². The highest BCUT2D eigenvalue weighted by atomic mass is 32.2. The number of amides is 1. The molecule has 0 bridgehead atoms. The number of rotatable bonds is 6. The van der Waals surface area contributed by atoms with Gasteiger partial charge in [-0.25, -0.2) is 13.2 Å². The Kier molecular flexibility index (Phi) is 5.30. The zero-order chi connectivity index (χ0) is 14.6. The van der Waals surface area contributed by atoms with E-state index in [4.69, 9.17) is 9.84 Å². The van der Waals surface area contributed by atoms with Crippen LogP contribution in [0, 0.1) is 0 Å². The highest BCUT2D eigenvalue weighted by molar-refractivity contribution is 7.92. The van der Waals surface area contributed by atoms with Crippen LogP contribution in [0.3, 0.4) is 0 Å². The fourth-order valence-electron chi connectivity index (χ4n) is 1.92. The summed E-state index contributed by atoms with van der Waals surface area (Å²) in [6, 6.07) is -0.123. The lowest BCUT2D eigenvalue weighted by Crippen LogP contribution is -2.37. The summed E-state index contributed by atoms with van der Waals surface area (Å²) in [6.07, 6.45) is -0.905. The molecule has 0 aromatic rings. The molecule has 1 fully saturated rings. The monoisotopic (exact) mass is 293 g/mol. The van der Waals surface area contributed by atoms with Gasteiger partial charge < -0.3 is 15.2 Å². The maximum absolute atomic E-state index is 11.8. The Hall–Kier alpha value is -1.15. The summed E-state index contributed by atoms with van der Waals surface area (Å²) in [6.45, 7) is 3.48. The molecule has 1 saturated heterocycles. The summed E-state index contributed by atoms with van der Waals surface area (Å²) in [4.78, 5) is 22.1. The largest absolute Gasteiger partial charge is 0.479 e. The number of nitrogens with one attached hydrogen (secondary N) is 1. The lowest BCUT2D eigenvalue weighted by Gasteiger charge is -2.12. The zero-order valence-corrected chi connectivity index (χ0v) is 11.8. The number of carboxylic acid groups (broad SMARTS) is 1. The third-order valence-electron chi connectivity index (χ3n) is 2.62. The second-order valence-electron chi connectivity index (χ2n) is 4.94. The van der Waals surface area contributed by atoms with E-state index in [1.54, 1.807) is 13.8 Å². The van der Waals surface area contributed by atoms with E-state index in [2.05, 4.69) is 5.32 Å². The number of carbonyl (C=O) groups is 2. The Balaban J connectivity index is 2.47. The van der Waals surface area contributed by atoms with Crippen LogP contribution < -0.4 is 5.32 Å². The van der Waals surface area contributed by atoms with Gasteiger partial charge in [-0.1, -0.05) is 0 Å². The molecule has 110 valence electrons. The molecule has 7 nitrogen and oxygen atoms in total. The van der Waals surface area contributed by atoms with E-state index in [0.29, 0.717) is 12.8 Å². The van der Waals surface area contributed by atoms with E-state index in [1.807, 2.05) is 0 Å². The molecule has 2 atom stereocenters. The van der Waals surface area contributed by atoms with Gasteiger partial charge in [0.2, 0.25) is 5.91 Å². The average molecular weight is 293 g/mol. The van der Waals surface area contributed by atoms with Crippen LogP contribution in [0.1, 0.15) is 26.7 Å². The number of hydrogen-bond acceptors (Lipinski definition) is 5. The molecule has 0 aromatic carbocycles. The normalized spacial score (nSPS) is 23.5. The van der Waals surface area contributed by atoms with Gasteiger partial charge in [-0.15, -0.1) is 0 Å². The van der Waals surface area contributed by atoms with Crippen molar-refractivity contribution in [2.45, 2.75) is 44.9 Å². The molecule has 1 aliphatic rings. The number of carbonyl (C=O) groups excluding carboxylic acids is 1. The van der Waals surface area contributed by atoms with Gasteiger partial charge in [-0.3, -0.25) is 4.79 Å². The van der Waals surface area contributed by atoms with Gasteiger partial charge in [0.1, 0.15) is 5.75 Å². The molecule has 1 amide bonds. The molecule has 2 N–H and O–H groups in total. The van der Waals surface area contributed by atoms with Crippen LogP contribution in [0.4, 0.5) is 0 Å². The summed E-state index contributed by atoms with van der Waals surface area (Å²) in [5.74, 6) is -2.55. The summed E-state index contributed by atoms with van der Waals surface area (Å²) >= 11 is 0. The van der Waals surface area contributed by atoms with E-state index < -0.39 is 39.7 Å². The van der Waals surface area contributed by atoms with Crippen molar-refractivity contribution in [3.63, 3.8) is 0 Å². The highest BCUT2D eigenvalue weighted by Crippen LogP contribution is 2.21. The highest BCUT2D eigenvalue weighted by Gasteiger charge is 2.33. The van der Waals surface area contributed by atoms with Gasteiger partial charge in [0.25, 0.3) is 0 Å². The van der Waals surface area contributed by atoms with Crippen molar-refractivity contribution >= 4 is 21.7 Å². The number of carboxylic acids is 1. The Morgan fingerprint density at radius 2 is 2.00 bits per heavy atom. The summed E-state index contributed by atoms with van der Waals surface area (Å²) in [5.41, 5.74) is 0. The Morgan fingerprint density at radius 1 is 1.37 bits per heavy atom. The average Bonchev–Trinajstić information content (AvgIpc) is 2.62. The minimum Gasteiger partial charge on any atom is -0.479 e. The third kappa shape index (κ3) is 5.56. The lowest BCUT2D eigenvalue weighted by molar-refractivity contribution is -0.149. The molecule has 0 saturated carbocycles. The van der Waals surface area contributed by atoms with Crippen LogP contribution >= 0.6 is 0 Å². The Morgan fingerprint density at radius 3 is 2.47 bits per heavy atom. The van der Waals surface area contributed by atoms with Crippen LogP contribution in [0.25, 0.3) is 0 Å². The smallest absolute Gasteiger partial charge is 0.332 e. The second-order valence-corrected chi connectivity index (χ2v) is 7.05. The van der Waals surface area contributed by atoms with E-state index >= 15 is 0 Å². The van der Waals surface area contributed by atoms with E-state index in [9.17, 15) is 18.0 Å². The van der Waals surface area contributed by atoms with Crippen molar-refractivity contribution in [2.24, 2.45) is 0 Å². The van der Waals surface area contributed by atoms with Crippen molar-refractivity contribution in [2.75, 3.05) is 11.5 Å². The molecule has 0 radical (unpaired) electrons. The molecule has 0 aromatic heterocycles. The lowest BCUT2D eigenvalue weighted by atomic mass is 10.2. The Labute approximate surface area is 112 Å². The molecular formula is C11H19NO6S. The first-order valence-electron chi connectivity index (χ1n) is 6.07. The van der Waals surface area contributed by atoms with Crippen LogP contribution in [-0.2, 0) is 24.2 Å². The summed E-state index contributed by atoms with van der Waals surface area (Å²) < 4.78 is 28.6. The quantitative estimate of drug-likeness (QED) is 0.687. The van der Waals surface area contributed by atoms with E-state index in [1.165, 1.54) is 0 Å². The predicted octanol–water partition coefficient (Wildman–Crippen LogP) is -0.442. The zero-order valence-electron chi connectivity index (χ0n) is 11.0. The minimum atomic E-state index is -3.59. The number of hydrogen-bond donors (Lipinski definition) is 2. The SMILES string of the molecule is CC(C)NC(=O)CS(=O)(=O)CC1CCC(C(=O)O)O1. The van der Waals surface area contributed by atoms with Crippen molar-refractivity contribution in [3.05, 3.63) is 0 Å². The van der Waals surface area contributed by atoms with Gasteiger partial charge in [-0.2, -0.15) is 0 Å². The molecule has 1 heterocycles. The molecule has 8 heteroatoms. The first kappa shape index (κ1) is 15.9. The predicted molar refractivity (Wildman–Crippen MR) is 67.5 cm³/mol. The maximum Gasteiger partial charge on any atom is 0.332 e. The van der Waals surface area contributed by atoms with Gasteiger partial charge in [0.15, 0.2) is 15.9 Å². The number of sulfone groups is 1. The van der Waals surface area contributed by atoms with Crippen LogP contribution in [0.2, 0.25) is 0 Å². The van der Waals surface area contributed by atoms with Crippen LogP contribution in [0.15, 0.2) is 0 Å². The molecule has 2 unspecified atom stereocenters. The molecular weight excluding hydrogens is 274 g/mol. The fraction of sp³-hybridized carbons (Fsp3) is 0.818. The third-order valence-corrected chi connectivity index (χ3v) is 4.21. The fourth-order valence-corrected chi connectivity index (χ4v) is 3.33. The van der Waals surface area contributed by atoms with Crippen molar-refractivity contribution in [3.8, 4) is 0 Å². The first-order chi connectivity index (χ1) is 8.69. The first-order valence-corrected chi connectivity index (χ1v) is 7.90. The summed E-state index contributed by atoms with van der Waals surface area (Å²) in [5, 5.41) is 11.2. The molecule has 0 spiro atoms. The van der Waals surface area contributed by atoms with Crippen molar-refractivity contribution < 1.29 is 27.9 Å². The standard InChI is InChI=1S/C11H19NO6S/c1-7(2)12-10(13)6-19(16,17)5-8-3-4-9(18-8)11(14)15/h7-9H,3-6H2,1-2H3,(H,12,13)(H,14,15). The van der Waals surface area contributed by atoms with Gasteiger partial charge in [0, 0.05) is 6.04 Å². The maximum atomic E-state index is 11.8. The molecule has 0 aliphatic carbocycles. The van der Waals surface area contributed by atoms with Gasteiger partial charge >= 0.3 is 5.97 Å². The Bertz CT molecular complexity index is 444. The van der Waals surface area contributed by atoms with Gasteiger partial charge in [0.05, 0.1) is 11.9 Å². The number of ether oxygens (including phenoxy) is 1. The van der Waals surface area contributed by atoms with Crippen molar-refractivity contribution in [1.29, 1.82) is 0 Å². The van der Waals surface area contributed by atoms with E-state index in [-0.39, 0.29) is 11.8 Å². The van der Waals surface area contributed by atoms with Crippen molar-refractivity contribution in [1.82, 2.24) is 5.32 Å². The van der Waals surface area contributed by atoms with Crippen LogP contribution in [-0.4, -0.2) is 55.2 Å². The summed E-state index contributed by atoms with van der Waals surface area (Å²) in [7, 11) is -3.59. The minimum absolute atomic E-state index is 0.123. The second kappa shape index (κ2) is 6.33. The van der Waals surface area contributed by atoms with E-state index in [0.717, 1.165) is 0 Å². The molecule has 1 aliphatic heterocycles. The van der Waals surface area contributed by atoms with Gasteiger partial charge in [-0.05, 0) is 26.7 Å².